The molecule has 0 spiro atoms. The SMILES string of the molecule is C=CCOC(=O)c1sc(N2C(=O)C(=O)C(=C(O)c3ccc(OC)c(C)c3)[C@H]2c2ccc(Cl)cc2Cl)nc1C. The van der Waals surface area contributed by atoms with Crippen molar-refractivity contribution in [3.05, 3.63) is 91.9 Å². The molecule has 1 aliphatic heterocycles. The van der Waals surface area contributed by atoms with Crippen LogP contribution in [0.1, 0.15) is 38.1 Å². The lowest BCUT2D eigenvalue weighted by atomic mass is 9.95. The summed E-state index contributed by atoms with van der Waals surface area (Å²) in [5.74, 6) is -2.32. The average molecular weight is 573 g/mol. The van der Waals surface area contributed by atoms with Gasteiger partial charge in [-0.1, -0.05) is 53.3 Å². The second kappa shape index (κ2) is 11.0. The molecule has 1 aromatic heterocycles. The average Bonchev–Trinajstić information content (AvgIpc) is 3.38. The number of aryl methyl sites for hydroxylation is 2. The number of rotatable bonds is 7. The summed E-state index contributed by atoms with van der Waals surface area (Å²) in [6.07, 6.45) is 1.43. The molecule has 11 heteroatoms. The Balaban J connectivity index is 1.92. The standard InChI is InChI=1S/C27H22Cl2N2O6S/c1-5-10-37-26(35)24-14(3)30-27(38-24)31-21(17-8-7-16(28)12-18(17)29)20(23(33)25(31)34)22(32)15-6-9-19(36-4)13(2)11-15/h5-9,11-12,21,32H,1,10H2,2-4H3/t21-/m1/s1. The molecule has 3 aromatic rings. The minimum absolute atomic E-state index is 0.00230. The summed E-state index contributed by atoms with van der Waals surface area (Å²) in [5, 5.41) is 11.9. The minimum Gasteiger partial charge on any atom is -0.507 e. The van der Waals surface area contributed by atoms with Crippen LogP contribution in [-0.2, 0) is 14.3 Å². The predicted molar refractivity (Wildman–Crippen MR) is 146 cm³/mol. The number of anilines is 1. The molecular weight excluding hydrogens is 551 g/mol. The molecule has 2 heterocycles. The number of ether oxygens (including phenoxy) is 2. The molecule has 1 atom stereocenters. The monoisotopic (exact) mass is 572 g/mol. The number of carbonyl (C=O) groups is 3. The maximum absolute atomic E-state index is 13.4. The molecule has 1 aliphatic rings. The number of hydrogen-bond donors (Lipinski definition) is 1. The Hall–Kier alpha value is -3.66. The number of methoxy groups -OCH3 is 1. The van der Waals surface area contributed by atoms with Crippen LogP contribution in [0.3, 0.4) is 0 Å². The van der Waals surface area contributed by atoms with E-state index in [9.17, 15) is 19.5 Å². The summed E-state index contributed by atoms with van der Waals surface area (Å²) >= 11 is 13.5. The van der Waals surface area contributed by atoms with Crippen LogP contribution in [0.5, 0.6) is 5.75 Å². The molecule has 2 aromatic carbocycles. The van der Waals surface area contributed by atoms with Gasteiger partial charge in [-0.15, -0.1) is 0 Å². The maximum atomic E-state index is 13.4. The summed E-state index contributed by atoms with van der Waals surface area (Å²) in [7, 11) is 1.52. The molecule has 4 rings (SSSR count). The number of Topliss-reactive ketones (excluding diaryl/α,β-unsaturated/α-hetero) is 1. The van der Waals surface area contributed by atoms with E-state index in [-0.39, 0.29) is 27.2 Å². The van der Waals surface area contributed by atoms with Crippen LogP contribution >= 0.6 is 34.5 Å². The molecule has 38 heavy (non-hydrogen) atoms. The zero-order chi connectivity index (χ0) is 27.7. The molecule has 196 valence electrons. The normalized spacial score (nSPS) is 16.6. The number of thiazole rings is 1. The third kappa shape index (κ3) is 4.92. The van der Waals surface area contributed by atoms with E-state index in [1.165, 1.54) is 19.3 Å². The molecule has 0 bridgehead atoms. The number of benzene rings is 2. The number of esters is 1. The minimum atomic E-state index is -1.15. The maximum Gasteiger partial charge on any atom is 0.350 e. The fourth-order valence-corrected chi connectivity index (χ4v) is 5.60. The lowest BCUT2D eigenvalue weighted by Crippen LogP contribution is -2.29. The highest BCUT2D eigenvalue weighted by Crippen LogP contribution is 2.46. The lowest BCUT2D eigenvalue weighted by molar-refractivity contribution is -0.132. The molecule has 0 unspecified atom stereocenters. The van der Waals surface area contributed by atoms with Gasteiger partial charge in [0, 0.05) is 15.6 Å². The smallest absolute Gasteiger partial charge is 0.350 e. The van der Waals surface area contributed by atoms with E-state index in [1.54, 1.807) is 44.2 Å². The fourth-order valence-electron chi connectivity index (χ4n) is 4.10. The number of carbonyl (C=O) groups excluding carboxylic acids is 3. The fraction of sp³-hybridized carbons (Fsp3) is 0.185. The van der Waals surface area contributed by atoms with Gasteiger partial charge in [0.1, 0.15) is 23.0 Å². The largest absolute Gasteiger partial charge is 0.507 e. The molecule has 0 aliphatic carbocycles. The Morgan fingerprint density at radius 2 is 1.95 bits per heavy atom. The van der Waals surface area contributed by atoms with Crippen molar-refractivity contribution < 1.29 is 29.0 Å². The van der Waals surface area contributed by atoms with Gasteiger partial charge in [-0.2, -0.15) is 0 Å². The van der Waals surface area contributed by atoms with Gasteiger partial charge in [-0.25, -0.2) is 9.78 Å². The van der Waals surface area contributed by atoms with Crippen LogP contribution in [0.4, 0.5) is 5.13 Å². The molecular formula is C27H22Cl2N2O6S. The Morgan fingerprint density at radius 1 is 1.21 bits per heavy atom. The Kier molecular flexibility index (Phi) is 7.91. The number of hydrogen-bond acceptors (Lipinski definition) is 8. The van der Waals surface area contributed by atoms with E-state index >= 15 is 0 Å². The molecule has 1 amide bonds. The van der Waals surface area contributed by atoms with Gasteiger partial charge in [-0.05, 0) is 55.3 Å². The van der Waals surface area contributed by atoms with Gasteiger partial charge in [-0.3, -0.25) is 14.5 Å². The van der Waals surface area contributed by atoms with E-state index in [0.717, 1.165) is 16.2 Å². The number of aliphatic hydroxyl groups is 1. The van der Waals surface area contributed by atoms with Gasteiger partial charge < -0.3 is 14.6 Å². The Morgan fingerprint density at radius 3 is 2.58 bits per heavy atom. The molecule has 0 radical (unpaired) electrons. The first-order valence-corrected chi connectivity index (χ1v) is 12.8. The van der Waals surface area contributed by atoms with Crippen LogP contribution in [0.2, 0.25) is 10.0 Å². The van der Waals surface area contributed by atoms with Gasteiger partial charge in [0.25, 0.3) is 5.78 Å². The topological polar surface area (TPSA) is 106 Å². The van der Waals surface area contributed by atoms with Crippen molar-refractivity contribution in [1.29, 1.82) is 0 Å². The third-order valence-electron chi connectivity index (χ3n) is 5.88. The summed E-state index contributed by atoms with van der Waals surface area (Å²) in [5.41, 5.74) is 1.48. The number of amides is 1. The summed E-state index contributed by atoms with van der Waals surface area (Å²) in [4.78, 5) is 45.0. The quantitative estimate of drug-likeness (QED) is 0.121. The van der Waals surface area contributed by atoms with E-state index in [0.29, 0.717) is 33.2 Å². The lowest BCUT2D eigenvalue weighted by Gasteiger charge is -2.24. The number of ketones is 1. The first-order valence-electron chi connectivity index (χ1n) is 11.2. The summed E-state index contributed by atoms with van der Waals surface area (Å²) in [6.45, 7) is 6.89. The highest BCUT2D eigenvalue weighted by molar-refractivity contribution is 7.17. The number of halogens is 2. The first-order chi connectivity index (χ1) is 18.1. The molecule has 8 nitrogen and oxygen atoms in total. The highest BCUT2D eigenvalue weighted by atomic mass is 35.5. The van der Waals surface area contributed by atoms with Gasteiger partial charge in [0.2, 0.25) is 0 Å². The third-order valence-corrected chi connectivity index (χ3v) is 7.58. The zero-order valence-corrected chi connectivity index (χ0v) is 22.9. The second-order valence-electron chi connectivity index (χ2n) is 8.32. The van der Waals surface area contributed by atoms with Crippen LogP contribution in [0.25, 0.3) is 5.76 Å². The van der Waals surface area contributed by atoms with Crippen molar-refractivity contribution in [2.24, 2.45) is 0 Å². The van der Waals surface area contributed by atoms with E-state index in [1.807, 2.05) is 0 Å². The van der Waals surface area contributed by atoms with Crippen molar-refractivity contribution >= 4 is 63.1 Å². The number of aromatic nitrogens is 1. The van der Waals surface area contributed by atoms with Crippen molar-refractivity contribution in [1.82, 2.24) is 4.98 Å². The molecule has 1 N–H and O–H groups in total. The Labute approximate surface area is 232 Å². The van der Waals surface area contributed by atoms with E-state index in [2.05, 4.69) is 11.6 Å². The predicted octanol–water partition coefficient (Wildman–Crippen LogP) is 6.04. The van der Waals surface area contributed by atoms with Gasteiger partial charge in [0.15, 0.2) is 5.13 Å². The zero-order valence-electron chi connectivity index (χ0n) is 20.6. The Bertz CT molecular complexity index is 1510. The number of nitrogens with zero attached hydrogens (tertiary/aromatic N) is 2. The molecule has 0 saturated carbocycles. The second-order valence-corrected chi connectivity index (χ2v) is 10.1. The van der Waals surface area contributed by atoms with Crippen molar-refractivity contribution in [2.75, 3.05) is 18.6 Å². The number of aliphatic hydroxyl groups excluding tert-OH is 1. The van der Waals surface area contributed by atoms with Crippen molar-refractivity contribution in [2.45, 2.75) is 19.9 Å². The van der Waals surface area contributed by atoms with Crippen molar-refractivity contribution in [3.8, 4) is 5.75 Å². The summed E-state index contributed by atoms with van der Waals surface area (Å²) in [6, 6.07) is 8.33. The van der Waals surface area contributed by atoms with Crippen LogP contribution in [0.15, 0.2) is 54.6 Å². The van der Waals surface area contributed by atoms with Crippen LogP contribution in [0, 0.1) is 13.8 Å². The van der Waals surface area contributed by atoms with E-state index in [4.69, 9.17) is 32.7 Å². The van der Waals surface area contributed by atoms with E-state index < -0.39 is 29.5 Å². The van der Waals surface area contributed by atoms with Crippen LogP contribution < -0.4 is 9.64 Å². The van der Waals surface area contributed by atoms with Crippen molar-refractivity contribution in [3.63, 3.8) is 0 Å². The summed E-state index contributed by atoms with van der Waals surface area (Å²) < 4.78 is 10.4. The van der Waals surface area contributed by atoms with Crippen LogP contribution in [-0.4, -0.2) is 41.5 Å². The molecule has 1 fully saturated rings. The van der Waals surface area contributed by atoms with Gasteiger partial charge >= 0.3 is 11.9 Å². The highest BCUT2D eigenvalue weighted by Gasteiger charge is 2.49. The first kappa shape index (κ1) is 27.4. The molecule has 1 saturated heterocycles. The van der Waals surface area contributed by atoms with Gasteiger partial charge in [0.05, 0.1) is 24.4 Å².